The van der Waals surface area contributed by atoms with Crippen LogP contribution in [0.5, 0.6) is 0 Å². The van der Waals surface area contributed by atoms with Crippen molar-refractivity contribution in [3.05, 3.63) is 34.3 Å². The lowest BCUT2D eigenvalue weighted by atomic mass is 9.85. The summed E-state index contributed by atoms with van der Waals surface area (Å²) in [6, 6.07) is 7.71. The zero-order valence-electron chi connectivity index (χ0n) is 11.2. The first-order chi connectivity index (χ1) is 8.30. The molecule has 0 aliphatic heterocycles. The van der Waals surface area contributed by atoms with Gasteiger partial charge in [-0.15, -0.1) is 0 Å². The van der Waals surface area contributed by atoms with Crippen LogP contribution in [0.2, 0.25) is 0 Å². The molecule has 0 fully saturated rings. The van der Waals surface area contributed by atoms with Gasteiger partial charge in [-0.05, 0) is 17.0 Å². The Balaban J connectivity index is 2.45. The molecule has 1 amide bonds. The summed E-state index contributed by atoms with van der Waals surface area (Å²) in [5.41, 5.74) is 6.99. The molecule has 0 heterocycles. The predicted octanol–water partition coefficient (Wildman–Crippen LogP) is 2.83. The number of carbonyl (C=O) groups is 1. The van der Waals surface area contributed by atoms with Gasteiger partial charge < -0.3 is 11.1 Å². The zero-order chi connectivity index (χ0) is 13.8. The summed E-state index contributed by atoms with van der Waals surface area (Å²) < 4.78 is 1.01. The van der Waals surface area contributed by atoms with Crippen molar-refractivity contribution >= 4 is 21.8 Å². The van der Waals surface area contributed by atoms with Crippen molar-refractivity contribution in [3.63, 3.8) is 0 Å². The molecule has 0 aromatic heterocycles. The maximum atomic E-state index is 11.8. The minimum atomic E-state index is -0.128. The van der Waals surface area contributed by atoms with E-state index >= 15 is 0 Å². The second kappa shape index (κ2) is 6.34. The normalized spacial score (nSPS) is 13.2. The molecule has 0 radical (unpaired) electrons. The Morgan fingerprint density at radius 2 is 2.00 bits per heavy atom. The van der Waals surface area contributed by atoms with Gasteiger partial charge >= 0.3 is 0 Å². The monoisotopic (exact) mass is 312 g/mol. The average molecular weight is 313 g/mol. The van der Waals surface area contributed by atoms with E-state index in [1.54, 1.807) is 0 Å². The van der Waals surface area contributed by atoms with Gasteiger partial charge in [0.15, 0.2) is 0 Å². The van der Waals surface area contributed by atoms with E-state index in [0.717, 1.165) is 10.0 Å². The number of benzene rings is 1. The van der Waals surface area contributed by atoms with Gasteiger partial charge in [-0.3, -0.25) is 4.79 Å². The number of nitrogens with one attached hydrogen (secondary N) is 1. The summed E-state index contributed by atoms with van der Waals surface area (Å²) in [4.78, 5) is 11.8. The van der Waals surface area contributed by atoms with E-state index in [-0.39, 0.29) is 17.4 Å². The van der Waals surface area contributed by atoms with E-state index in [9.17, 15) is 4.79 Å². The Bertz CT molecular complexity index is 413. The number of hydrogen-bond donors (Lipinski definition) is 2. The van der Waals surface area contributed by atoms with Gasteiger partial charge in [-0.1, -0.05) is 54.9 Å². The topological polar surface area (TPSA) is 55.1 Å². The van der Waals surface area contributed by atoms with Crippen molar-refractivity contribution in [3.8, 4) is 0 Å². The van der Waals surface area contributed by atoms with Crippen LogP contribution in [0.25, 0.3) is 0 Å². The van der Waals surface area contributed by atoms with E-state index in [1.807, 2.05) is 45.0 Å². The van der Waals surface area contributed by atoms with E-state index in [2.05, 4.69) is 21.2 Å². The van der Waals surface area contributed by atoms with Gasteiger partial charge in [0.25, 0.3) is 0 Å². The van der Waals surface area contributed by atoms with Crippen LogP contribution in [0.15, 0.2) is 28.7 Å². The molecule has 1 atom stereocenters. The van der Waals surface area contributed by atoms with Crippen LogP contribution in [-0.4, -0.2) is 11.9 Å². The molecule has 0 saturated heterocycles. The van der Waals surface area contributed by atoms with E-state index in [1.165, 1.54) is 0 Å². The fourth-order valence-electron chi connectivity index (χ4n) is 1.41. The number of rotatable bonds is 4. The predicted molar refractivity (Wildman–Crippen MR) is 78.0 cm³/mol. The molecular weight excluding hydrogens is 292 g/mol. The van der Waals surface area contributed by atoms with Crippen LogP contribution in [-0.2, 0) is 11.3 Å². The maximum Gasteiger partial charge on any atom is 0.221 e. The number of hydrogen-bond acceptors (Lipinski definition) is 2. The summed E-state index contributed by atoms with van der Waals surface area (Å²) >= 11 is 3.45. The molecule has 0 saturated carbocycles. The van der Waals surface area contributed by atoms with Crippen LogP contribution in [0.3, 0.4) is 0 Å². The van der Waals surface area contributed by atoms with Crippen molar-refractivity contribution in [2.45, 2.75) is 39.8 Å². The number of carbonyl (C=O) groups excluding carboxylic acids is 1. The third kappa shape index (κ3) is 4.78. The molecule has 0 aliphatic rings. The van der Waals surface area contributed by atoms with Gasteiger partial charge in [0, 0.05) is 23.5 Å². The molecule has 1 rings (SSSR count). The van der Waals surface area contributed by atoms with Crippen molar-refractivity contribution < 1.29 is 4.79 Å². The largest absolute Gasteiger partial charge is 0.352 e. The molecule has 0 spiro atoms. The third-order valence-corrected chi connectivity index (χ3v) is 3.73. The number of amides is 1. The van der Waals surface area contributed by atoms with Gasteiger partial charge in [-0.2, -0.15) is 0 Å². The molecular formula is C14H21BrN2O. The minimum Gasteiger partial charge on any atom is -0.352 e. The highest BCUT2D eigenvalue weighted by atomic mass is 79.9. The number of nitrogens with two attached hydrogens (primary N) is 1. The summed E-state index contributed by atoms with van der Waals surface area (Å²) in [6.45, 7) is 6.65. The van der Waals surface area contributed by atoms with Crippen molar-refractivity contribution in [2.24, 2.45) is 11.1 Å². The molecule has 100 valence electrons. The highest BCUT2D eigenvalue weighted by molar-refractivity contribution is 9.10. The van der Waals surface area contributed by atoms with Crippen molar-refractivity contribution in [2.75, 3.05) is 0 Å². The van der Waals surface area contributed by atoms with Gasteiger partial charge in [-0.25, -0.2) is 0 Å². The standard InChI is InChI=1S/C14H21BrN2O/c1-14(2,3)12(16)8-13(18)17-9-10-6-4-5-7-11(10)15/h4-7,12H,8-9,16H2,1-3H3,(H,17,18). The Kier molecular flexibility index (Phi) is 5.35. The van der Waals surface area contributed by atoms with E-state index < -0.39 is 0 Å². The number of halogens is 1. The fourth-order valence-corrected chi connectivity index (χ4v) is 1.84. The average Bonchev–Trinajstić information content (AvgIpc) is 2.26. The van der Waals surface area contributed by atoms with Crippen molar-refractivity contribution in [1.29, 1.82) is 0 Å². The lowest BCUT2D eigenvalue weighted by molar-refractivity contribution is -0.122. The third-order valence-electron chi connectivity index (χ3n) is 2.95. The lowest BCUT2D eigenvalue weighted by Crippen LogP contribution is -2.40. The Morgan fingerprint density at radius 1 is 1.39 bits per heavy atom. The summed E-state index contributed by atoms with van der Waals surface area (Å²) in [5, 5.41) is 2.89. The first-order valence-electron chi connectivity index (χ1n) is 6.06. The quantitative estimate of drug-likeness (QED) is 0.898. The van der Waals surface area contributed by atoms with Crippen LogP contribution >= 0.6 is 15.9 Å². The van der Waals surface area contributed by atoms with E-state index in [0.29, 0.717) is 13.0 Å². The fraction of sp³-hybridized carbons (Fsp3) is 0.500. The Labute approximate surface area is 117 Å². The van der Waals surface area contributed by atoms with Crippen LogP contribution in [0.1, 0.15) is 32.8 Å². The summed E-state index contributed by atoms with van der Waals surface area (Å²) in [7, 11) is 0. The second-order valence-corrected chi connectivity index (χ2v) is 6.40. The van der Waals surface area contributed by atoms with Crippen molar-refractivity contribution in [1.82, 2.24) is 5.32 Å². The van der Waals surface area contributed by atoms with Gasteiger partial charge in [0.05, 0.1) is 0 Å². The van der Waals surface area contributed by atoms with Gasteiger partial charge in [0.2, 0.25) is 5.91 Å². The highest BCUT2D eigenvalue weighted by Gasteiger charge is 2.22. The Morgan fingerprint density at radius 3 is 2.56 bits per heavy atom. The first-order valence-corrected chi connectivity index (χ1v) is 6.85. The lowest BCUT2D eigenvalue weighted by Gasteiger charge is -2.26. The molecule has 3 N–H and O–H groups in total. The maximum absolute atomic E-state index is 11.8. The molecule has 1 unspecified atom stereocenters. The smallest absolute Gasteiger partial charge is 0.221 e. The molecule has 18 heavy (non-hydrogen) atoms. The summed E-state index contributed by atoms with van der Waals surface area (Å²) in [6.07, 6.45) is 0.355. The van der Waals surface area contributed by atoms with Gasteiger partial charge in [0.1, 0.15) is 0 Å². The zero-order valence-corrected chi connectivity index (χ0v) is 12.8. The van der Waals surface area contributed by atoms with Crippen LogP contribution in [0, 0.1) is 5.41 Å². The second-order valence-electron chi connectivity index (χ2n) is 5.54. The molecule has 3 nitrogen and oxygen atoms in total. The van der Waals surface area contributed by atoms with Crippen LogP contribution in [0.4, 0.5) is 0 Å². The molecule has 0 bridgehead atoms. The molecule has 4 heteroatoms. The molecule has 0 aliphatic carbocycles. The Hall–Kier alpha value is -0.870. The molecule has 1 aromatic rings. The summed E-state index contributed by atoms with van der Waals surface area (Å²) in [5.74, 6) is -0.00632. The highest BCUT2D eigenvalue weighted by Crippen LogP contribution is 2.20. The van der Waals surface area contributed by atoms with Crippen LogP contribution < -0.4 is 11.1 Å². The first kappa shape index (κ1) is 15.2. The SMILES string of the molecule is CC(C)(C)C(N)CC(=O)NCc1ccccc1Br. The molecule has 1 aromatic carbocycles. The van der Waals surface area contributed by atoms with E-state index in [4.69, 9.17) is 5.73 Å². The minimum absolute atomic E-state index is 0.00632.